The average Bonchev–Trinajstić information content (AvgIpc) is 3.21. The second-order valence-electron chi connectivity index (χ2n) is 6.44. The second-order valence-corrected chi connectivity index (χ2v) is 6.44. The minimum absolute atomic E-state index is 0.372. The van der Waals surface area contributed by atoms with Crippen LogP contribution in [0.25, 0.3) is 10.9 Å². The van der Waals surface area contributed by atoms with Crippen LogP contribution >= 0.6 is 0 Å². The molecule has 1 heterocycles. The Morgan fingerprint density at radius 2 is 1.91 bits per heavy atom. The van der Waals surface area contributed by atoms with Crippen LogP contribution < -0.4 is 5.56 Å². The molecule has 1 saturated carbocycles. The Balaban J connectivity index is 2.06. The fraction of sp³-hybridized carbons (Fsp3) is 0.471. The lowest BCUT2D eigenvalue weighted by Gasteiger charge is -2.13. The summed E-state index contributed by atoms with van der Waals surface area (Å²) in [7, 11) is 0. The molecule has 1 fully saturated rings. The third-order valence-corrected chi connectivity index (χ3v) is 4.48. The summed E-state index contributed by atoms with van der Waals surface area (Å²) in [4.78, 5) is 11.8. The van der Waals surface area contributed by atoms with Gasteiger partial charge in [-0.2, -0.15) is 13.2 Å². The van der Waals surface area contributed by atoms with Crippen LogP contribution in [0.5, 0.6) is 0 Å². The number of alkyl halides is 3. The Kier molecular flexibility index (Phi) is 3.54. The predicted molar refractivity (Wildman–Crippen MR) is 79.9 cm³/mol. The van der Waals surface area contributed by atoms with Crippen LogP contribution in [0.4, 0.5) is 13.2 Å². The van der Waals surface area contributed by atoms with Crippen molar-refractivity contribution in [1.29, 1.82) is 0 Å². The van der Waals surface area contributed by atoms with E-state index in [9.17, 15) is 18.0 Å². The zero-order valence-corrected chi connectivity index (χ0v) is 12.5. The van der Waals surface area contributed by atoms with Gasteiger partial charge in [0.25, 0.3) is 5.56 Å². The number of halogens is 3. The van der Waals surface area contributed by atoms with E-state index in [-0.39, 0.29) is 0 Å². The van der Waals surface area contributed by atoms with E-state index in [1.165, 1.54) is 6.07 Å². The Labute approximate surface area is 126 Å². The molecule has 1 aromatic carbocycles. The maximum atomic E-state index is 12.7. The van der Waals surface area contributed by atoms with Gasteiger partial charge in [0.2, 0.25) is 0 Å². The van der Waals surface area contributed by atoms with Gasteiger partial charge >= 0.3 is 6.18 Å². The largest absolute Gasteiger partial charge is 0.406 e. The van der Waals surface area contributed by atoms with Crippen LogP contribution in [-0.2, 0) is 6.54 Å². The van der Waals surface area contributed by atoms with Gasteiger partial charge < -0.3 is 0 Å². The van der Waals surface area contributed by atoms with Gasteiger partial charge in [0.15, 0.2) is 0 Å². The van der Waals surface area contributed by atoms with Crippen LogP contribution in [0.2, 0.25) is 0 Å². The molecule has 0 unspecified atom stereocenters. The number of pyridine rings is 1. The van der Waals surface area contributed by atoms with E-state index in [0.29, 0.717) is 28.7 Å². The Morgan fingerprint density at radius 1 is 1.23 bits per heavy atom. The summed E-state index contributed by atoms with van der Waals surface area (Å²) in [6.07, 6.45) is -3.34. The Hall–Kier alpha value is -1.78. The first-order valence-electron chi connectivity index (χ1n) is 7.46. The highest BCUT2D eigenvalue weighted by Crippen LogP contribution is 2.51. The second kappa shape index (κ2) is 5.14. The summed E-state index contributed by atoms with van der Waals surface area (Å²) in [6, 6.07) is 8.32. The van der Waals surface area contributed by atoms with Crippen molar-refractivity contribution in [1.82, 2.24) is 4.57 Å². The van der Waals surface area contributed by atoms with E-state index in [4.69, 9.17) is 0 Å². The molecule has 2 nitrogen and oxygen atoms in total. The lowest BCUT2D eigenvalue weighted by Crippen LogP contribution is -2.27. The predicted octanol–water partition coefficient (Wildman–Crippen LogP) is 4.32. The van der Waals surface area contributed by atoms with Crippen molar-refractivity contribution in [2.45, 2.75) is 38.9 Å². The van der Waals surface area contributed by atoms with Crippen molar-refractivity contribution in [2.75, 3.05) is 0 Å². The third-order valence-electron chi connectivity index (χ3n) is 4.48. The smallest absolute Gasteiger partial charge is 0.299 e. The molecular weight excluding hydrogens is 291 g/mol. The molecule has 2 aromatic rings. The van der Waals surface area contributed by atoms with Gasteiger partial charge in [0.1, 0.15) is 6.54 Å². The molecule has 0 radical (unpaired) electrons. The molecule has 0 aliphatic heterocycles. The van der Waals surface area contributed by atoms with Gasteiger partial charge in [-0.25, -0.2) is 0 Å². The summed E-state index contributed by atoms with van der Waals surface area (Å²) in [5.41, 5.74) is 0.794. The lowest BCUT2D eigenvalue weighted by molar-refractivity contribution is -0.140. The first-order chi connectivity index (χ1) is 10.3. The van der Waals surface area contributed by atoms with Gasteiger partial charge in [-0.15, -0.1) is 0 Å². The number of aromatic nitrogens is 1. The topological polar surface area (TPSA) is 22.0 Å². The van der Waals surface area contributed by atoms with Gasteiger partial charge in [0.05, 0.1) is 5.52 Å². The van der Waals surface area contributed by atoms with Crippen LogP contribution in [0, 0.1) is 11.8 Å². The zero-order valence-electron chi connectivity index (χ0n) is 12.5. The highest BCUT2D eigenvalue weighted by molar-refractivity contribution is 5.80. The van der Waals surface area contributed by atoms with Gasteiger partial charge in [-0.1, -0.05) is 26.0 Å². The third kappa shape index (κ3) is 2.89. The van der Waals surface area contributed by atoms with Crippen molar-refractivity contribution in [2.24, 2.45) is 11.8 Å². The summed E-state index contributed by atoms with van der Waals surface area (Å²) in [5, 5.41) is 0.661. The van der Waals surface area contributed by atoms with E-state index >= 15 is 0 Å². The first-order valence-corrected chi connectivity index (χ1v) is 7.46. The lowest BCUT2D eigenvalue weighted by atomic mass is 10.0. The van der Waals surface area contributed by atoms with E-state index in [0.717, 1.165) is 16.6 Å². The monoisotopic (exact) mass is 309 g/mol. The van der Waals surface area contributed by atoms with Crippen LogP contribution in [0.1, 0.15) is 31.7 Å². The summed E-state index contributed by atoms with van der Waals surface area (Å²) in [5.74, 6) is 1.55. The van der Waals surface area contributed by atoms with E-state index in [2.05, 4.69) is 13.8 Å². The molecular formula is C17H18F3NO. The molecule has 0 spiro atoms. The Morgan fingerprint density at radius 3 is 2.50 bits per heavy atom. The molecule has 118 valence electrons. The molecule has 0 saturated heterocycles. The maximum Gasteiger partial charge on any atom is 0.406 e. The fourth-order valence-corrected chi connectivity index (χ4v) is 3.21. The number of benzene rings is 1. The average molecular weight is 309 g/mol. The summed E-state index contributed by atoms with van der Waals surface area (Å²) < 4.78 is 39.0. The van der Waals surface area contributed by atoms with Crippen LogP contribution in [-0.4, -0.2) is 10.7 Å². The minimum Gasteiger partial charge on any atom is -0.299 e. The van der Waals surface area contributed by atoms with Crippen molar-refractivity contribution in [3.63, 3.8) is 0 Å². The summed E-state index contributed by atoms with van der Waals surface area (Å²) in [6.45, 7) is 3.07. The fourth-order valence-electron chi connectivity index (χ4n) is 3.21. The van der Waals surface area contributed by atoms with Crippen LogP contribution in [0.15, 0.2) is 35.1 Å². The standard InChI is InChI=1S/C17H18F3NO/c1-10(2)13-8-14(13)12-4-3-11-5-6-16(22)21(15(11)7-12)9-17(18,19)20/h3-7,10,13-14H,8-9H2,1-2H3/t13-,14-/m1/s1. The highest BCUT2D eigenvalue weighted by Gasteiger charge is 2.40. The molecule has 3 rings (SSSR count). The quantitative estimate of drug-likeness (QED) is 0.827. The minimum atomic E-state index is -4.41. The van der Waals surface area contributed by atoms with Gasteiger partial charge in [0, 0.05) is 6.07 Å². The maximum absolute atomic E-state index is 12.7. The number of fused-ring (bicyclic) bond motifs is 1. The molecule has 5 heteroatoms. The van der Waals surface area contributed by atoms with Gasteiger partial charge in [-0.3, -0.25) is 9.36 Å². The highest BCUT2D eigenvalue weighted by atomic mass is 19.4. The van der Waals surface area contributed by atoms with E-state index < -0.39 is 18.3 Å². The normalized spacial score (nSPS) is 21.5. The molecule has 0 amide bonds. The Bertz CT molecular complexity index is 761. The number of rotatable bonds is 3. The summed E-state index contributed by atoms with van der Waals surface area (Å²) >= 11 is 0. The first kappa shape index (κ1) is 15.1. The van der Waals surface area contributed by atoms with Crippen molar-refractivity contribution >= 4 is 10.9 Å². The molecule has 2 atom stereocenters. The molecule has 1 aliphatic carbocycles. The van der Waals surface area contributed by atoms with Crippen molar-refractivity contribution in [3.8, 4) is 0 Å². The van der Waals surface area contributed by atoms with E-state index in [1.807, 2.05) is 12.1 Å². The molecule has 0 bridgehead atoms. The number of hydrogen-bond acceptors (Lipinski definition) is 1. The van der Waals surface area contributed by atoms with E-state index in [1.54, 1.807) is 12.1 Å². The van der Waals surface area contributed by atoms with Gasteiger partial charge in [-0.05, 0) is 47.3 Å². The number of nitrogens with zero attached hydrogens (tertiary/aromatic N) is 1. The zero-order chi connectivity index (χ0) is 16.1. The molecule has 22 heavy (non-hydrogen) atoms. The molecule has 0 N–H and O–H groups in total. The van der Waals surface area contributed by atoms with Crippen molar-refractivity contribution in [3.05, 3.63) is 46.2 Å². The SMILES string of the molecule is CC(C)[C@H]1C[C@@H]1c1ccc2ccc(=O)n(CC(F)(F)F)c2c1. The van der Waals surface area contributed by atoms with Crippen molar-refractivity contribution < 1.29 is 13.2 Å². The number of hydrogen-bond donors (Lipinski definition) is 0. The van der Waals surface area contributed by atoms with Crippen LogP contribution in [0.3, 0.4) is 0 Å². The molecule has 1 aromatic heterocycles. The molecule has 1 aliphatic rings.